The Labute approximate surface area is 95.2 Å². The zero-order valence-corrected chi connectivity index (χ0v) is 9.20. The van der Waals surface area contributed by atoms with Crippen LogP contribution in [0.3, 0.4) is 0 Å². The molecule has 2 aromatic rings. The van der Waals surface area contributed by atoms with Crippen LogP contribution in [0, 0.1) is 0 Å². The minimum absolute atomic E-state index is 0.152. The number of nitrogens with zero attached hydrogens (tertiary/aromatic N) is 4. The third-order valence-corrected chi connectivity index (χ3v) is 2.22. The molecule has 0 bridgehead atoms. The minimum Gasteiger partial charge on any atom is -0.273 e. The molecule has 2 aromatic heterocycles. The molecule has 78 valence electrons. The maximum Gasteiger partial charge on any atom is 0.300 e. The van der Waals surface area contributed by atoms with Crippen LogP contribution in [0.1, 0.15) is 10.5 Å². The van der Waals surface area contributed by atoms with Crippen molar-refractivity contribution in [1.29, 1.82) is 0 Å². The van der Waals surface area contributed by atoms with Crippen LogP contribution < -0.4 is 0 Å². The van der Waals surface area contributed by atoms with Gasteiger partial charge in [0.25, 0.3) is 5.91 Å². The molecule has 0 saturated heterocycles. The summed E-state index contributed by atoms with van der Waals surface area (Å²) in [4.78, 5) is 11.8. The van der Waals surface area contributed by atoms with Crippen LogP contribution in [-0.2, 0) is 7.05 Å². The standard InChI is InChI=1S/C8H6Cl2N4O/c1-13-4-6(10)7(12-13)8(15)14-3-5(9)2-11-14/h2-4H,1H3. The fourth-order valence-electron chi connectivity index (χ4n) is 1.12. The van der Waals surface area contributed by atoms with Crippen molar-refractivity contribution in [3.63, 3.8) is 0 Å². The SMILES string of the molecule is Cn1cc(Cl)c(C(=O)n2cc(Cl)cn2)n1. The minimum atomic E-state index is -0.410. The summed E-state index contributed by atoms with van der Waals surface area (Å²) in [5.74, 6) is -0.410. The fraction of sp³-hybridized carbons (Fsp3) is 0.125. The lowest BCUT2D eigenvalue weighted by Gasteiger charge is -1.95. The van der Waals surface area contributed by atoms with Crippen molar-refractivity contribution in [2.75, 3.05) is 0 Å². The van der Waals surface area contributed by atoms with Gasteiger partial charge in [0.15, 0.2) is 5.69 Å². The van der Waals surface area contributed by atoms with Gasteiger partial charge in [-0.2, -0.15) is 10.2 Å². The predicted octanol–water partition coefficient (Wildman–Crippen LogP) is 1.61. The Morgan fingerprint density at radius 2 is 2.13 bits per heavy atom. The van der Waals surface area contributed by atoms with Crippen molar-refractivity contribution >= 4 is 29.1 Å². The Morgan fingerprint density at radius 1 is 1.40 bits per heavy atom. The summed E-state index contributed by atoms with van der Waals surface area (Å²) in [6, 6.07) is 0. The molecule has 2 rings (SSSR count). The summed E-state index contributed by atoms with van der Waals surface area (Å²) in [5, 5.41) is 8.37. The topological polar surface area (TPSA) is 52.7 Å². The number of aryl methyl sites for hydroxylation is 1. The number of halogens is 2. The van der Waals surface area contributed by atoms with Gasteiger partial charge in [0, 0.05) is 13.2 Å². The number of aromatic nitrogens is 4. The summed E-state index contributed by atoms with van der Waals surface area (Å²) in [6.07, 6.45) is 4.31. The van der Waals surface area contributed by atoms with E-state index in [4.69, 9.17) is 23.2 Å². The summed E-state index contributed by atoms with van der Waals surface area (Å²) < 4.78 is 2.55. The zero-order valence-electron chi connectivity index (χ0n) is 7.69. The Kier molecular flexibility index (Phi) is 2.50. The van der Waals surface area contributed by atoms with Crippen LogP contribution in [0.15, 0.2) is 18.6 Å². The van der Waals surface area contributed by atoms with Gasteiger partial charge in [-0.15, -0.1) is 0 Å². The first-order valence-electron chi connectivity index (χ1n) is 4.02. The molecule has 0 aliphatic carbocycles. The van der Waals surface area contributed by atoms with Gasteiger partial charge in [-0.05, 0) is 0 Å². The Hall–Kier alpha value is -1.33. The molecule has 7 heteroatoms. The molecule has 0 fully saturated rings. The summed E-state index contributed by atoms with van der Waals surface area (Å²) in [6.45, 7) is 0. The van der Waals surface area contributed by atoms with Crippen LogP contribution in [0.25, 0.3) is 0 Å². The third-order valence-electron chi connectivity index (χ3n) is 1.75. The number of rotatable bonds is 1. The van der Waals surface area contributed by atoms with Gasteiger partial charge in [-0.25, -0.2) is 4.68 Å². The molecule has 0 N–H and O–H groups in total. The molecule has 5 nitrogen and oxygen atoms in total. The van der Waals surface area contributed by atoms with Crippen molar-refractivity contribution < 1.29 is 4.79 Å². The lowest BCUT2D eigenvalue weighted by molar-refractivity contribution is 0.0939. The monoisotopic (exact) mass is 244 g/mol. The second kappa shape index (κ2) is 3.67. The van der Waals surface area contributed by atoms with Gasteiger partial charge >= 0.3 is 0 Å². The molecule has 0 spiro atoms. The highest BCUT2D eigenvalue weighted by atomic mass is 35.5. The van der Waals surface area contributed by atoms with Gasteiger partial charge in [0.2, 0.25) is 0 Å². The van der Waals surface area contributed by atoms with Crippen molar-refractivity contribution in [1.82, 2.24) is 19.6 Å². The molecule has 15 heavy (non-hydrogen) atoms. The fourth-order valence-corrected chi connectivity index (χ4v) is 1.52. The third kappa shape index (κ3) is 1.88. The van der Waals surface area contributed by atoms with E-state index in [0.717, 1.165) is 4.68 Å². The molecule has 2 heterocycles. The molecule has 0 amide bonds. The molecule has 0 unspecified atom stereocenters. The molecule has 0 aliphatic heterocycles. The Morgan fingerprint density at radius 3 is 2.60 bits per heavy atom. The first-order chi connectivity index (χ1) is 7.08. The van der Waals surface area contributed by atoms with E-state index in [9.17, 15) is 4.79 Å². The van der Waals surface area contributed by atoms with E-state index in [1.807, 2.05) is 0 Å². The average Bonchev–Trinajstić information content (AvgIpc) is 2.71. The second-order valence-electron chi connectivity index (χ2n) is 2.91. The highest BCUT2D eigenvalue weighted by Gasteiger charge is 2.17. The second-order valence-corrected chi connectivity index (χ2v) is 3.75. The Bertz CT molecular complexity index is 516. The molecule has 0 aromatic carbocycles. The van der Waals surface area contributed by atoms with Gasteiger partial charge < -0.3 is 0 Å². The van der Waals surface area contributed by atoms with E-state index in [2.05, 4.69) is 10.2 Å². The van der Waals surface area contributed by atoms with E-state index in [0.29, 0.717) is 5.02 Å². The first kappa shape index (κ1) is 10.2. The Balaban J connectivity index is 2.40. The zero-order chi connectivity index (χ0) is 11.0. The maximum absolute atomic E-state index is 11.8. The van der Waals surface area contributed by atoms with Crippen LogP contribution >= 0.6 is 23.2 Å². The molecule has 0 atom stereocenters. The van der Waals surface area contributed by atoms with E-state index in [1.54, 1.807) is 13.2 Å². The first-order valence-corrected chi connectivity index (χ1v) is 4.77. The molecule has 0 saturated carbocycles. The van der Waals surface area contributed by atoms with Crippen molar-refractivity contribution in [2.24, 2.45) is 7.05 Å². The summed E-state index contributed by atoms with van der Waals surface area (Å²) >= 11 is 11.5. The highest BCUT2D eigenvalue weighted by Crippen LogP contribution is 2.15. The van der Waals surface area contributed by atoms with E-state index < -0.39 is 5.91 Å². The highest BCUT2D eigenvalue weighted by molar-refractivity contribution is 6.33. The van der Waals surface area contributed by atoms with Crippen LogP contribution in [-0.4, -0.2) is 25.5 Å². The van der Waals surface area contributed by atoms with Gasteiger partial charge in [0.1, 0.15) is 0 Å². The largest absolute Gasteiger partial charge is 0.300 e. The normalized spacial score (nSPS) is 10.6. The summed E-state index contributed by atoms with van der Waals surface area (Å²) in [5.41, 5.74) is 0.152. The van der Waals surface area contributed by atoms with Gasteiger partial charge in [-0.3, -0.25) is 9.48 Å². The lowest BCUT2D eigenvalue weighted by atomic mass is 10.4. The molecule has 0 aliphatic rings. The van der Waals surface area contributed by atoms with Gasteiger partial charge in [-0.1, -0.05) is 23.2 Å². The lowest BCUT2D eigenvalue weighted by Crippen LogP contribution is -2.13. The van der Waals surface area contributed by atoms with Crippen molar-refractivity contribution in [2.45, 2.75) is 0 Å². The quantitative estimate of drug-likeness (QED) is 0.766. The van der Waals surface area contributed by atoms with Crippen LogP contribution in [0.4, 0.5) is 0 Å². The average molecular weight is 245 g/mol. The van der Waals surface area contributed by atoms with Crippen molar-refractivity contribution in [3.05, 3.63) is 34.3 Å². The summed E-state index contributed by atoms with van der Waals surface area (Å²) in [7, 11) is 1.68. The van der Waals surface area contributed by atoms with E-state index in [1.165, 1.54) is 17.1 Å². The van der Waals surface area contributed by atoms with Gasteiger partial charge in [0.05, 0.1) is 22.4 Å². The maximum atomic E-state index is 11.8. The number of hydrogen-bond donors (Lipinski definition) is 0. The number of carbonyl (C=O) groups excluding carboxylic acids is 1. The smallest absolute Gasteiger partial charge is 0.273 e. The van der Waals surface area contributed by atoms with E-state index in [-0.39, 0.29) is 10.7 Å². The van der Waals surface area contributed by atoms with Crippen LogP contribution in [0.5, 0.6) is 0 Å². The van der Waals surface area contributed by atoms with Crippen LogP contribution in [0.2, 0.25) is 10.0 Å². The number of hydrogen-bond acceptors (Lipinski definition) is 3. The molecular weight excluding hydrogens is 239 g/mol. The molecular formula is C8H6Cl2N4O. The number of carbonyl (C=O) groups is 1. The van der Waals surface area contributed by atoms with E-state index >= 15 is 0 Å². The predicted molar refractivity (Wildman–Crippen MR) is 55.2 cm³/mol. The van der Waals surface area contributed by atoms with Crippen molar-refractivity contribution in [3.8, 4) is 0 Å². The molecule has 0 radical (unpaired) electrons.